The van der Waals surface area contributed by atoms with Gasteiger partial charge >= 0.3 is 5.97 Å². The Bertz CT molecular complexity index is 207. The highest BCUT2D eigenvalue weighted by Crippen LogP contribution is 2.20. The average Bonchev–Trinajstić information content (AvgIpc) is 2.12. The molecule has 0 bridgehead atoms. The Morgan fingerprint density at radius 1 is 1.36 bits per heavy atom. The van der Waals surface area contributed by atoms with Gasteiger partial charge in [-0.15, -0.1) is 0 Å². The summed E-state index contributed by atoms with van der Waals surface area (Å²) < 4.78 is 5.11. The van der Waals surface area contributed by atoms with Crippen LogP contribution in [0.3, 0.4) is 0 Å². The fourth-order valence-electron chi connectivity index (χ4n) is 2.12. The van der Waals surface area contributed by atoms with E-state index in [-0.39, 0.29) is 5.92 Å². The summed E-state index contributed by atoms with van der Waals surface area (Å²) in [5.74, 6) is -0.0445. The molecule has 2 fully saturated rings. The lowest BCUT2D eigenvalue weighted by Gasteiger charge is -2.35. The van der Waals surface area contributed by atoms with Crippen molar-refractivity contribution in [2.24, 2.45) is 11.8 Å². The molecule has 1 N–H and O–H groups in total. The molecule has 0 spiro atoms. The number of nitrogens with zero attached hydrogens (tertiary/aromatic N) is 1. The molecule has 0 aromatic carbocycles. The molecule has 0 unspecified atom stereocenters. The number of aliphatic carboxylic acids is 1. The molecular weight excluding hydrogens is 182 g/mol. The van der Waals surface area contributed by atoms with Crippen LogP contribution in [0, 0.1) is 11.8 Å². The van der Waals surface area contributed by atoms with Crippen molar-refractivity contribution in [1.29, 1.82) is 0 Å². The number of piperidine rings is 1. The third-order valence-electron chi connectivity index (χ3n) is 3.16. The molecule has 0 radical (unpaired) electrons. The summed E-state index contributed by atoms with van der Waals surface area (Å²) >= 11 is 0. The summed E-state index contributed by atoms with van der Waals surface area (Å²) in [6.45, 7) is 4.74. The minimum atomic E-state index is -0.628. The zero-order valence-corrected chi connectivity index (χ0v) is 8.32. The summed E-state index contributed by atoms with van der Waals surface area (Å²) in [7, 11) is 0. The van der Waals surface area contributed by atoms with Crippen molar-refractivity contribution in [1.82, 2.24) is 4.90 Å². The van der Waals surface area contributed by atoms with Crippen molar-refractivity contribution in [3.8, 4) is 0 Å². The number of hydrogen-bond donors (Lipinski definition) is 1. The van der Waals surface area contributed by atoms with E-state index in [0.717, 1.165) is 45.7 Å². The standard InChI is InChI=1S/C10H17NO3/c12-10(13)9-1-3-11(4-2-9)5-8-6-14-7-8/h8-9H,1-7H2,(H,12,13). The molecule has 2 saturated heterocycles. The summed E-state index contributed by atoms with van der Waals surface area (Å²) in [5.41, 5.74) is 0. The van der Waals surface area contributed by atoms with Crippen LogP contribution >= 0.6 is 0 Å². The largest absolute Gasteiger partial charge is 0.481 e. The molecule has 14 heavy (non-hydrogen) atoms. The Labute approximate surface area is 83.8 Å². The number of ether oxygens (including phenoxy) is 1. The molecule has 2 aliphatic heterocycles. The second kappa shape index (κ2) is 4.28. The van der Waals surface area contributed by atoms with Gasteiger partial charge in [0.1, 0.15) is 0 Å². The van der Waals surface area contributed by atoms with Crippen LogP contribution in [0.1, 0.15) is 12.8 Å². The van der Waals surface area contributed by atoms with Crippen molar-refractivity contribution < 1.29 is 14.6 Å². The van der Waals surface area contributed by atoms with Crippen molar-refractivity contribution in [3.05, 3.63) is 0 Å². The third kappa shape index (κ3) is 2.25. The molecule has 0 aromatic heterocycles. The Kier molecular flexibility index (Phi) is 3.03. The van der Waals surface area contributed by atoms with Gasteiger partial charge in [0, 0.05) is 12.5 Å². The van der Waals surface area contributed by atoms with Gasteiger partial charge in [0.2, 0.25) is 0 Å². The Morgan fingerprint density at radius 3 is 2.43 bits per heavy atom. The maximum atomic E-state index is 10.7. The second-order valence-corrected chi connectivity index (χ2v) is 4.32. The molecule has 2 rings (SSSR count). The van der Waals surface area contributed by atoms with Gasteiger partial charge in [0.05, 0.1) is 19.1 Å². The van der Waals surface area contributed by atoms with Crippen LogP contribution in [-0.2, 0) is 9.53 Å². The first kappa shape index (κ1) is 9.93. The van der Waals surface area contributed by atoms with Crippen LogP contribution < -0.4 is 0 Å². The van der Waals surface area contributed by atoms with Gasteiger partial charge in [-0.25, -0.2) is 0 Å². The van der Waals surface area contributed by atoms with Crippen molar-refractivity contribution >= 4 is 5.97 Å². The first-order valence-electron chi connectivity index (χ1n) is 5.28. The van der Waals surface area contributed by atoms with Crippen LogP contribution in [-0.4, -0.2) is 48.8 Å². The number of hydrogen-bond acceptors (Lipinski definition) is 3. The summed E-state index contributed by atoms with van der Waals surface area (Å²) in [6, 6.07) is 0. The molecule has 4 heteroatoms. The van der Waals surface area contributed by atoms with Gasteiger partial charge in [-0.3, -0.25) is 4.79 Å². The van der Waals surface area contributed by atoms with Gasteiger partial charge in [0.15, 0.2) is 0 Å². The topological polar surface area (TPSA) is 49.8 Å². The SMILES string of the molecule is O=C(O)C1CCN(CC2COC2)CC1. The number of likely N-dealkylation sites (tertiary alicyclic amines) is 1. The van der Waals surface area contributed by atoms with E-state index >= 15 is 0 Å². The molecule has 0 amide bonds. The van der Waals surface area contributed by atoms with Crippen LogP contribution in [0.15, 0.2) is 0 Å². The van der Waals surface area contributed by atoms with Crippen molar-refractivity contribution in [2.45, 2.75) is 12.8 Å². The maximum absolute atomic E-state index is 10.7. The second-order valence-electron chi connectivity index (χ2n) is 4.32. The zero-order chi connectivity index (χ0) is 9.97. The molecule has 0 aromatic rings. The molecule has 2 aliphatic rings. The normalized spacial score (nSPS) is 26.0. The molecule has 0 aliphatic carbocycles. The third-order valence-corrected chi connectivity index (χ3v) is 3.16. The van der Waals surface area contributed by atoms with E-state index in [2.05, 4.69) is 4.90 Å². The highest BCUT2D eigenvalue weighted by atomic mass is 16.5. The van der Waals surface area contributed by atoms with Crippen molar-refractivity contribution in [2.75, 3.05) is 32.8 Å². The first-order valence-corrected chi connectivity index (χ1v) is 5.28. The lowest BCUT2D eigenvalue weighted by Crippen LogP contribution is -2.43. The highest BCUT2D eigenvalue weighted by Gasteiger charge is 2.27. The lowest BCUT2D eigenvalue weighted by molar-refractivity contribution is -0.143. The Morgan fingerprint density at radius 2 is 2.00 bits per heavy atom. The predicted molar refractivity (Wildman–Crippen MR) is 51.1 cm³/mol. The molecule has 0 saturated carbocycles. The van der Waals surface area contributed by atoms with E-state index in [1.165, 1.54) is 0 Å². The number of carbonyl (C=O) groups is 1. The van der Waals surface area contributed by atoms with E-state index < -0.39 is 5.97 Å². The summed E-state index contributed by atoms with van der Waals surface area (Å²) in [6.07, 6.45) is 1.62. The van der Waals surface area contributed by atoms with E-state index in [1.54, 1.807) is 0 Å². The number of rotatable bonds is 3. The van der Waals surface area contributed by atoms with Gasteiger partial charge in [-0.2, -0.15) is 0 Å². The minimum Gasteiger partial charge on any atom is -0.481 e. The van der Waals surface area contributed by atoms with Crippen LogP contribution in [0.2, 0.25) is 0 Å². The quantitative estimate of drug-likeness (QED) is 0.716. The monoisotopic (exact) mass is 199 g/mol. The first-order chi connectivity index (χ1) is 6.75. The smallest absolute Gasteiger partial charge is 0.306 e. The molecule has 4 nitrogen and oxygen atoms in total. The Hall–Kier alpha value is -0.610. The molecule has 80 valence electrons. The van der Waals surface area contributed by atoms with Gasteiger partial charge in [0.25, 0.3) is 0 Å². The fourth-order valence-corrected chi connectivity index (χ4v) is 2.12. The summed E-state index contributed by atoms with van der Waals surface area (Å²) in [4.78, 5) is 13.1. The number of carboxylic acids is 1. The predicted octanol–water partition coefficient (Wildman–Crippen LogP) is 0.429. The lowest BCUT2D eigenvalue weighted by atomic mass is 9.96. The van der Waals surface area contributed by atoms with E-state index in [0.29, 0.717) is 5.92 Å². The van der Waals surface area contributed by atoms with Gasteiger partial charge < -0.3 is 14.7 Å². The zero-order valence-electron chi connectivity index (χ0n) is 8.32. The van der Waals surface area contributed by atoms with E-state index in [4.69, 9.17) is 9.84 Å². The van der Waals surface area contributed by atoms with Gasteiger partial charge in [-0.1, -0.05) is 0 Å². The van der Waals surface area contributed by atoms with Crippen LogP contribution in [0.4, 0.5) is 0 Å². The highest BCUT2D eigenvalue weighted by molar-refractivity contribution is 5.70. The van der Waals surface area contributed by atoms with Crippen molar-refractivity contribution in [3.63, 3.8) is 0 Å². The fraction of sp³-hybridized carbons (Fsp3) is 0.900. The van der Waals surface area contributed by atoms with Crippen LogP contribution in [0.25, 0.3) is 0 Å². The van der Waals surface area contributed by atoms with E-state index in [1.807, 2.05) is 0 Å². The summed E-state index contributed by atoms with van der Waals surface area (Å²) in [5, 5.41) is 8.83. The molecule has 2 heterocycles. The molecule has 0 atom stereocenters. The maximum Gasteiger partial charge on any atom is 0.306 e. The average molecular weight is 199 g/mol. The Balaban J connectivity index is 1.69. The van der Waals surface area contributed by atoms with E-state index in [9.17, 15) is 4.79 Å². The van der Waals surface area contributed by atoms with Crippen LogP contribution in [0.5, 0.6) is 0 Å². The number of carboxylic acid groups (broad SMARTS) is 1. The minimum absolute atomic E-state index is 0.108. The molecular formula is C10H17NO3. The van der Waals surface area contributed by atoms with Gasteiger partial charge in [-0.05, 0) is 25.9 Å².